The Kier molecular flexibility index (Phi) is 11.5. The standard InChI is InChI=1S/C15H33B3O3/c1-4-7-10-13-16-19-17(14-11-8-5-2)21-18(20-16)15-12-9-6-3/h4-15H2,1-3H3. The Morgan fingerprint density at radius 3 is 1.00 bits per heavy atom. The lowest BCUT2D eigenvalue weighted by Gasteiger charge is -2.31. The molecule has 0 aliphatic carbocycles. The normalized spacial score (nSPS) is 15.9. The van der Waals surface area contributed by atoms with Gasteiger partial charge in [-0.1, -0.05) is 78.6 Å². The first kappa shape index (κ1) is 19.1. The van der Waals surface area contributed by atoms with Crippen LogP contribution in [0, 0.1) is 0 Å². The first-order valence-electron chi connectivity index (χ1n) is 9.26. The third-order valence-corrected chi connectivity index (χ3v) is 4.04. The van der Waals surface area contributed by atoms with Crippen LogP contribution in [0.15, 0.2) is 0 Å². The van der Waals surface area contributed by atoms with E-state index in [0.29, 0.717) is 0 Å². The fourth-order valence-corrected chi connectivity index (χ4v) is 2.70. The molecule has 3 nitrogen and oxygen atoms in total. The van der Waals surface area contributed by atoms with E-state index >= 15 is 0 Å². The van der Waals surface area contributed by atoms with Gasteiger partial charge in [0, 0.05) is 0 Å². The molecule has 120 valence electrons. The molecule has 6 heteroatoms. The van der Waals surface area contributed by atoms with Gasteiger partial charge >= 0.3 is 21.4 Å². The maximum Gasteiger partial charge on any atom is 0.429 e. The first-order valence-corrected chi connectivity index (χ1v) is 9.26. The first-order chi connectivity index (χ1) is 10.3. The highest BCUT2D eigenvalue weighted by Gasteiger charge is 2.39. The molecule has 1 fully saturated rings. The van der Waals surface area contributed by atoms with Gasteiger partial charge in [-0.15, -0.1) is 0 Å². The van der Waals surface area contributed by atoms with Gasteiger partial charge < -0.3 is 13.7 Å². The summed E-state index contributed by atoms with van der Waals surface area (Å²) >= 11 is 0. The van der Waals surface area contributed by atoms with Crippen LogP contribution in [0.3, 0.4) is 0 Å². The van der Waals surface area contributed by atoms with Crippen LogP contribution in [0.5, 0.6) is 0 Å². The lowest BCUT2D eigenvalue weighted by Crippen LogP contribution is -2.48. The molecule has 0 aromatic rings. The highest BCUT2D eigenvalue weighted by molar-refractivity contribution is 6.73. The molecule has 1 heterocycles. The summed E-state index contributed by atoms with van der Waals surface area (Å²) in [6.45, 7) is 6.69. The Balaban J connectivity index is 2.35. The molecular formula is C15H33B3O3. The second-order valence-electron chi connectivity index (χ2n) is 6.18. The van der Waals surface area contributed by atoms with E-state index < -0.39 is 0 Å². The maximum atomic E-state index is 5.97. The Morgan fingerprint density at radius 1 is 0.476 bits per heavy atom. The Hall–Kier alpha value is 0.0748. The molecule has 0 bridgehead atoms. The summed E-state index contributed by atoms with van der Waals surface area (Å²) in [7, 11) is -0.157. The van der Waals surface area contributed by atoms with Crippen molar-refractivity contribution in [2.75, 3.05) is 0 Å². The van der Waals surface area contributed by atoms with E-state index in [1.54, 1.807) is 0 Å². The van der Waals surface area contributed by atoms with Gasteiger partial charge in [0.1, 0.15) is 0 Å². The van der Waals surface area contributed by atoms with Gasteiger partial charge in [0.25, 0.3) is 0 Å². The molecule has 1 aliphatic heterocycles. The average molecular weight is 294 g/mol. The van der Waals surface area contributed by atoms with E-state index in [1.807, 2.05) is 0 Å². The Bertz CT molecular complexity index is 200. The van der Waals surface area contributed by atoms with Crippen LogP contribution in [0.1, 0.15) is 78.6 Å². The summed E-state index contributed by atoms with van der Waals surface area (Å²) in [5.41, 5.74) is 0. The molecule has 0 spiro atoms. The lowest BCUT2D eigenvalue weighted by atomic mass is 9.64. The highest BCUT2D eigenvalue weighted by atomic mass is 16.7. The smallest absolute Gasteiger partial charge is 0.429 e. The van der Waals surface area contributed by atoms with Crippen LogP contribution in [0.25, 0.3) is 0 Å². The minimum atomic E-state index is -0.0523. The summed E-state index contributed by atoms with van der Waals surface area (Å²) in [5.74, 6) is 0. The summed E-state index contributed by atoms with van der Waals surface area (Å²) < 4.78 is 17.9. The molecule has 1 saturated heterocycles. The number of hydrogen-bond acceptors (Lipinski definition) is 3. The molecule has 0 saturated carbocycles. The van der Waals surface area contributed by atoms with E-state index in [2.05, 4.69) is 20.8 Å². The van der Waals surface area contributed by atoms with Crippen molar-refractivity contribution in [2.45, 2.75) is 97.5 Å². The van der Waals surface area contributed by atoms with Crippen molar-refractivity contribution in [3.8, 4) is 0 Å². The van der Waals surface area contributed by atoms with Crippen molar-refractivity contribution in [3.63, 3.8) is 0 Å². The Morgan fingerprint density at radius 2 is 0.762 bits per heavy atom. The molecule has 21 heavy (non-hydrogen) atoms. The minimum Gasteiger partial charge on any atom is -0.453 e. The molecule has 0 radical (unpaired) electrons. The third kappa shape index (κ3) is 8.95. The molecule has 0 aromatic heterocycles. The number of rotatable bonds is 12. The van der Waals surface area contributed by atoms with Crippen molar-refractivity contribution < 1.29 is 13.7 Å². The number of unbranched alkanes of at least 4 members (excludes halogenated alkanes) is 6. The fraction of sp³-hybridized carbons (Fsp3) is 1.00. The van der Waals surface area contributed by atoms with E-state index in [4.69, 9.17) is 13.7 Å². The number of hydrogen-bond donors (Lipinski definition) is 0. The molecule has 1 rings (SSSR count). The second kappa shape index (κ2) is 12.6. The van der Waals surface area contributed by atoms with E-state index in [9.17, 15) is 0 Å². The molecule has 0 N–H and O–H groups in total. The maximum absolute atomic E-state index is 5.97. The minimum absolute atomic E-state index is 0.0523. The monoisotopic (exact) mass is 294 g/mol. The van der Waals surface area contributed by atoms with Crippen molar-refractivity contribution in [3.05, 3.63) is 0 Å². The van der Waals surface area contributed by atoms with Crippen molar-refractivity contribution >= 4 is 21.4 Å². The highest BCUT2D eigenvalue weighted by Crippen LogP contribution is 2.21. The molecule has 0 aromatic carbocycles. The zero-order valence-corrected chi connectivity index (χ0v) is 14.4. The largest absolute Gasteiger partial charge is 0.453 e. The summed E-state index contributed by atoms with van der Waals surface area (Å²) in [6, 6.07) is 0. The SMILES string of the molecule is CCCCCB1OB(CCCCC)OB(CCCCC)O1. The molecule has 0 unspecified atom stereocenters. The van der Waals surface area contributed by atoms with Crippen molar-refractivity contribution in [1.29, 1.82) is 0 Å². The molecule has 0 atom stereocenters. The van der Waals surface area contributed by atoms with Gasteiger partial charge in [0.15, 0.2) is 0 Å². The predicted octanol–water partition coefficient (Wildman–Crippen LogP) is 5.09. The van der Waals surface area contributed by atoms with Gasteiger partial charge in [-0.25, -0.2) is 0 Å². The average Bonchev–Trinajstić information content (AvgIpc) is 2.48. The Labute approximate surface area is 133 Å². The van der Waals surface area contributed by atoms with Gasteiger partial charge in [0.05, 0.1) is 0 Å². The zero-order chi connectivity index (χ0) is 15.3. The van der Waals surface area contributed by atoms with Crippen LogP contribution in [-0.4, -0.2) is 21.4 Å². The van der Waals surface area contributed by atoms with Gasteiger partial charge in [0.2, 0.25) is 0 Å². The summed E-state index contributed by atoms with van der Waals surface area (Å²) in [4.78, 5) is 0. The summed E-state index contributed by atoms with van der Waals surface area (Å²) in [6.07, 6.45) is 14.1. The topological polar surface area (TPSA) is 27.7 Å². The molecule has 0 amide bonds. The molecular weight excluding hydrogens is 261 g/mol. The fourth-order valence-electron chi connectivity index (χ4n) is 2.70. The van der Waals surface area contributed by atoms with E-state index in [1.165, 1.54) is 57.8 Å². The van der Waals surface area contributed by atoms with Crippen LogP contribution in [0.4, 0.5) is 0 Å². The quantitative estimate of drug-likeness (QED) is 0.371. The van der Waals surface area contributed by atoms with Crippen LogP contribution in [0.2, 0.25) is 19.0 Å². The van der Waals surface area contributed by atoms with E-state index in [-0.39, 0.29) is 21.4 Å². The van der Waals surface area contributed by atoms with Crippen LogP contribution in [-0.2, 0) is 13.7 Å². The summed E-state index contributed by atoms with van der Waals surface area (Å²) in [5, 5.41) is 0. The lowest BCUT2D eigenvalue weighted by molar-refractivity contribution is 0.275. The van der Waals surface area contributed by atoms with Gasteiger partial charge in [-0.3, -0.25) is 0 Å². The van der Waals surface area contributed by atoms with Gasteiger partial charge in [-0.05, 0) is 19.0 Å². The predicted molar refractivity (Wildman–Crippen MR) is 93.5 cm³/mol. The van der Waals surface area contributed by atoms with E-state index in [0.717, 1.165) is 19.0 Å². The third-order valence-electron chi connectivity index (χ3n) is 4.04. The zero-order valence-electron chi connectivity index (χ0n) is 14.4. The van der Waals surface area contributed by atoms with Crippen molar-refractivity contribution in [1.82, 2.24) is 0 Å². The van der Waals surface area contributed by atoms with Crippen molar-refractivity contribution in [2.24, 2.45) is 0 Å². The second-order valence-corrected chi connectivity index (χ2v) is 6.18. The van der Waals surface area contributed by atoms with Gasteiger partial charge in [-0.2, -0.15) is 0 Å². The molecule has 1 aliphatic rings. The van der Waals surface area contributed by atoms with Crippen LogP contribution >= 0.6 is 0 Å². The van der Waals surface area contributed by atoms with Crippen LogP contribution < -0.4 is 0 Å².